The number of rotatable bonds is 2. The first kappa shape index (κ1) is 9.86. The molecule has 0 bridgehead atoms. The van der Waals surface area contributed by atoms with Crippen LogP contribution in [0, 0.1) is 5.82 Å². The van der Waals surface area contributed by atoms with Gasteiger partial charge in [-0.2, -0.15) is 0 Å². The van der Waals surface area contributed by atoms with E-state index in [1.807, 2.05) is 0 Å². The van der Waals surface area contributed by atoms with Crippen molar-refractivity contribution in [1.29, 1.82) is 0 Å². The standard InChI is InChI=1S/C10H5ClFNO2/c11-9-8(5-14)13-10(15-9)6-1-3-7(12)4-2-6/h1-5H. The van der Waals surface area contributed by atoms with Crippen LogP contribution in [0.1, 0.15) is 10.5 Å². The number of hydrogen-bond donors (Lipinski definition) is 0. The normalized spacial score (nSPS) is 10.3. The fourth-order valence-electron chi connectivity index (χ4n) is 1.10. The summed E-state index contributed by atoms with van der Waals surface area (Å²) in [5.74, 6) is -0.158. The van der Waals surface area contributed by atoms with Crippen molar-refractivity contribution < 1.29 is 13.6 Å². The lowest BCUT2D eigenvalue weighted by Gasteiger charge is -1.93. The van der Waals surface area contributed by atoms with Gasteiger partial charge < -0.3 is 4.42 Å². The summed E-state index contributed by atoms with van der Waals surface area (Å²) in [6.07, 6.45) is 0.499. The van der Waals surface area contributed by atoms with E-state index in [1.54, 1.807) is 0 Å². The molecule has 0 N–H and O–H groups in total. The van der Waals surface area contributed by atoms with Crippen LogP contribution < -0.4 is 0 Å². The van der Waals surface area contributed by atoms with Crippen molar-refractivity contribution in [2.75, 3.05) is 0 Å². The van der Waals surface area contributed by atoms with Gasteiger partial charge in [0.2, 0.25) is 11.1 Å². The molecule has 0 spiro atoms. The maximum atomic E-state index is 12.6. The maximum absolute atomic E-state index is 12.6. The molecule has 3 nitrogen and oxygen atoms in total. The van der Waals surface area contributed by atoms with E-state index < -0.39 is 0 Å². The van der Waals surface area contributed by atoms with Gasteiger partial charge in [-0.05, 0) is 35.9 Å². The molecule has 5 heteroatoms. The fourth-order valence-corrected chi connectivity index (χ4v) is 1.26. The van der Waals surface area contributed by atoms with Crippen LogP contribution in [0.3, 0.4) is 0 Å². The molecule has 1 aromatic carbocycles. The van der Waals surface area contributed by atoms with Gasteiger partial charge in [-0.1, -0.05) is 0 Å². The van der Waals surface area contributed by atoms with Gasteiger partial charge in [-0.3, -0.25) is 4.79 Å². The molecule has 0 saturated heterocycles. The van der Waals surface area contributed by atoms with Gasteiger partial charge in [0.05, 0.1) is 0 Å². The Morgan fingerprint density at radius 1 is 1.33 bits per heavy atom. The molecule has 0 saturated carbocycles. The zero-order chi connectivity index (χ0) is 10.8. The Labute approximate surface area is 89.5 Å². The molecule has 0 aliphatic heterocycles. The van der Waals surface area contributed by atoms with E-state index in [4.69, 9.17) is 16.0 Å². The molecule has 0 aliphatic carbocycles. The van der Waals surface area contributed by atoms with Crippen molar-refractivity contribution in [2.24, 2.45) is 0 Å². The molecule has 0 aliphatic rings. The van der Waals surface area contributed by atoms with E-state index in [0.717, 1.165) is 0 Å². The average molecular weight is 226 g/mol. The summed E-state index contributed by atoms with van der Waals surface area (Å²) in [6.45, 7) is 0. The first-order valence-electron chi connectivity index (χ1n) is 4.08. The number of carbonyl (C=O) groups is 1. The Morgan fingerprint density at radius 3 is 2.53 bits per heavy atom. The Balaban J connectivity index is 2.45. The molecular weight excluding hydrogens is 221 g/mol. The number of aromatic nitrogens is 1. The highest BCUT2D eigenvalue weighted by atomic mass is 35.5. The van der Waals surface area contributed by atoms with Crippen LogP contribution in [0.2, 0.25) is 5.22 Å². The summed E-state index contributed by atoms with van der Waals surface area (Å²) in [5, 5.41) is -0.0654. The Kier molecular flexibility index (Phi) is 2.51. The lowest BCUT2D eigenvalue weighted by atomic mass is 10.2. The molecule has 1 aromatic heterocycles. The largest absolute Gasteiger partial charge is 0.424 e. The Hall–Kier alpha value is -1.68. The second kappa shape index (κ2) is 3.82. The van der Waals surface area contributed by atoms with E-state index in [1.165, 1.54) is 24.3 Å². The SMILES string of the molecule is O=Cc1nc(-c2ccc(F)cc2)oc1Cl. The number of oxazole rings is 1. The molecule has 0 unspecified atom stereocenters. The van der Waals surface area contributed by atoms with E-state index in [9.17, 15) is 9.18 Å². The number of benzene rings is 1. The van der Waals surface area contributed by atoms with Gasteiger partial charge in [0.25, 0.3) is 0 Å². The van der Waals surface area contributed by atoms with Gasteiger partial charge in [-0.15, -0.1) is 0 Å². The lowest BCUT2D eigenvalue weighted by molar-refractivity contribution is 0.111. The van der Waals surface area contributed by atoms with E-state index in [2.05, 4.69) is 4.98 Å². The smallest absolute Gasteiger partial charge is 0.228 e. The third kappa shape index (κ3) is 1.89. The number of halogens is 2. The highest BCUT2D eigenvalue weighted by molar-refractivity contribution is 6.31. The van der Waals surface area contributed by atoms with Crippen molar-refractivity contribution in [3.05, 3.63) is 41.0 Å². The molecule has 0 amide bonds. The third-order valence-corrected chi connectivity index (χ3v) is 2.08. The molecule has 2 rings (SSSR count). The second-order valence-electron chi connectivity index (χ2n) is 2.80. The monoisotopic (exact) mass is 225 g/mol. The molecule has 76 valence electrons. The summed E-state index contributed by atoms with van der Waals surface area (Å²) in [6, 6.07) is 5.53. The van der Waals surface area contributed by atoms with Crippen LogP contribution >= 0.6 is 11.6 Å². The highest BCUT2D eigenvalue weighted by Gasteiger charge is 2.11. The summed E-state index contributed by atoms with van der Waals surface area (Å²) >= 11 is 5.59. The molecular formula is C10H5ClFNO2. The molecule has 0 fully saturated rings. The minimum absolute atomic E-state index is 0.0380. The minimum Gasteiger partial charge on any atom is -0.424 e. The van der Waals surface area contributed by atoms with Crippen LogP contribution in [-0.2, 0) is 0 Å². The number of aldehydes is 1. The van der Waals surface area contributed by atoms with Gasteiger partial charge in [0.15, 0.2) is 12.0 Å². The zero-order valence-electron chi connectivity index (χ0n) is 7.41. The minimum atomic E-state index is -0.355. The van der Waals surface area contributed by atoms with Crippen LogP contribution in [0.5, 0.6) is 0 Å². The topological polar surface area (TPSA) is 43.1 Å². The van der Waals surface area contributed by atoms with Crippen LogP contribution in [0.4, 0.5) is 4.39 Å². The van der Waals surface area contributed by atoms with Gasteiger partial charge >= 0.3 is 0 Å². The van der Waals surface area contributed by atoms with E-state index in [-0.39, 0.29) is 22.6 Å². The lowest BCUT2D eigenvalue weighted by Crippen LogP contribution is -1.81. The summed E-state index contributed by atoms with van der Waals surface area (Å²) < 4.78 is 17.7. The quantitative estimate of drug-likeness (QED) is 0.738. The summed E-state index contributed by atoms with van der Waals surface area (Å²) in [4.78, 5) is 14.3. The zero-order valence-corrected chi connectivity index (χ0v) is 8.16. The van der Waals surface area contributed by atoms with Crippen molar-refractivity contribution in [3.8, 4) is 11.5 Å². The van der Waals surface area contributed by atoms with E-state index in [0.29, 0.717) is 11.8 Å². The van der Waals surface area contributed by atoms with Crippen molar-refractivity contribution in [2.45, 2.75) is 0 Å². The van der Waals surface area contributed by atoms with Crippen molar-refractivity contribution >= 4 is 17.9 Å². The van der Waals surface area contributed by atoms with Crippen molar-refractivity contribution in [3.63, 3.8) is 0 Å². The van der Waals surface area contributed by atoms with Crippen molar-refractivity contribution in [1.82, 2.24) is 4.98 Å². The maximum Gasteiger partial charge on any atom is 0.228 e. The fraction of sp³-hybridized carbons (Fsp3) is 0. The van der Waals surface area contributed by atoms with Crippen LogP contribution in [0.15, 0.2) is 28.7 Å². The van der Waals surface area contributed by atoms with Crippen LogP contribution in [0.25, 0.3) is 11.5 Å². The highest BCUT2D eigenvalue weighted by Crippen LogP contribution is 2.24. The summed E-state index contributed by atoms with van der Waals surface area (Å²) in [7, 11) is 0. The second-order valence-corrected chi connectivity index (χ2v) is 3.15. The number of hydrogen-bond acceptors (Lipinski definition) is 3. The summed E-state index contributed by atoms with van der Waals surface area (Å²) in [5.41, 5.74) is 0.599. The Morgan fingerprint density at radius 2 is 2.00 bits per heavy atom. The number of carbonyl (C=O) groups excluding carboxylic acids is 1. The molecule has 0 radical (unpaired) electrons. The molecule has 2 aromatic rings. The molecule has 1 heterocycles. The average Bonchev–Trinajstić information content (AvgIpc) is 2.61. The third-order valence-electron chi connectivity index (χ3n) is 1.81. The van der Waals surface area contributed by atoms with Gasteiger partial charge in [-0.25, -0.2) is 9.37 Å². The van der Waals surface area contributed by atoms with Gasteiger partial charge in [0.1, 0.15) is 5.82 Å². The predicted octanol–water partition coefficient (Wildman–Crippen LogP) is 2.95. The van der Waals surface area contributed by atoms with E-state index >= 15 is 0 Å². The van der Waals surface area contributed by atoms with Crippen LogP contribution in [-0.4, -0.2) is 11.3 Å². The first-order chi connectivity index (χ1) is 7.20. The molecule has 0 atom stereocenters. The Bertz CT molecular complexity index is 493. The first-order valence-corrected chi connectivity index (χ1v) is 4.46. The van der Waals surface area contributed by atoms with Gasteiger partial charge in [0, 0.05) is 5.56 Å². The number of nitrogens with zero attached hydrogens (tertiary/aromatic N) is 1. The molecule has 15 heavy (non-hydrogen) atoms. The predicted molar refractivity (Wildman–Crippen MR) is 52.3 cm³/mol.